The molecule has 2 atom stereocenters. The molecule has 3 aromatic rings. The molecule has 254 valence electrons. The largest absolute Gasteiger partial charge is 0.496 e. The minimum atomic E-state index is -0.528. The van der Waals surface area contributed by atoms with E-state index < -0.39 is 12.1 Å². The van der Waals surface area contributed by atoms with Crippen molar-refractivity contribution in [2.45, 2.75) is 31.5 Å². The summed E-state index contributed by atoms with van der Waals surface area (Å²) in [5.74, 6) is 2.15. The summed E-state index contributed by atoms with van der Waals surface area (Å²) in [5.41, 5.74) is 1.70. The minimum absolute atomic E-state index is 0.0416. The Bertz CT molecular complexity index is 1600. The molecule has 3 amide bonds. The highest BCUT2D eigenvalue weighted by Gasteiger charge is 2.38. The van der Waals surface area contributed by atoms with E-state index in [9.17, 15) is 14.4 Å². The van der Waals surface area contributed by atoms with E-state index in [0.29, 0.717) is 48.5 Å². The van der Waals surface area contributed by atoms with Crippen LogP contribution in [-0.2, 0) is 27.3 Å². The van der Waals surface area contributed by atoms with E-state index in [-0.39, 0.29) is 56.9 Å². The van der Waals surface area contributed by atoms with Gasteiger partial charge >= 0.3 is 0 Å². The molecule has 2 saturated heterocycles. The van der Waals surface area contributed by atoms with Crippen molar-refractivity contribution in [3.05, 3.63) is 66.0 Å². The van der Waals surface area contributed by atoms with E-state index in [2.05, 4.69) is 30.4 Å². The first-order valence-corrected chi connectivity index (χ1v) is 16.1. The Morgan fingerprint density at radius 1 is 0.938 bits per heavy atom. The molecule has 2 fully saturated rings. The average Bonchev–Trinajstić information content (AvgIpc) is 3.51. The second-order valence-electron chi connectivity index (χ2n) is 12.0. The molecule has 0 radical (unpaired) electrons. The molecule has 7 heterocycles. The molecule has 0 saturated carbocycles. The number of hydrogen-bond donors (Lipinski definition) is 2. The lowest BCUT2D eigenvalue weighted by molar-refractivity contribution is -0.132. The number of likely N-dealkylation sites (tertiary alicyclic amines) is 1. The average molecular weight is 660 g/mol. The zero-order valence-electron chi connectivity index (χ0n) is 27.2. The van der Waals surface area contributed by atoms with Crippen molar-refractivity contribution in [2.75, 3.05) is 71.5 Å². The Morgan fingerprint density at radius 3 is 2.50 bits per heavy atom. The van der Waals surface area contributed by atoms with Gasteiger partial charge in [0.25, 0.3) is 5.91 Å². The molecule has 14 heteroatoms. The first kappa shape index (κ1) is 32.8. The third-order valence-corrected chi connectivity index (χ3v) is 8.78. The fraction of sp³-hybridized carbons (Fsp3) is 0.441. The predicted octanol–water partition coefficient (Wildman–Crippen LogP) is 1.03. The van der Waals surface area contributed by atoms with Gasteiger partial charge in [-0.3, -0.25) is 19.3 Å². The second-order valence-corrected chi connectivity index (χ2v) is 12.0. The van der Waals surface area contributed by atoms with Crippen LogP contribution in [0.1, 0.15) is 17.5 Å². The van der Waals surface area contributed by atoms with Gasteiger partial charge in [0.2, 0.25) is 17.8 Å². The monoisotopic (exact) mass is 659 g/mol. The number of hydrogen-bond acceptors (Lipinski definition) is 11. The van der Waals surface area contributed by atoms with E-state index in [0.717, 1.165) is 24.2 Å². The van der Waals surface area contributed by atoms with Crippen LogP contribution in [0.15, 0.2) is 54.9 Å². The van der Waals surface area contributed by atoms with Crippen LogP contribution in [0.2, 0.25) is 0 Å². The van der Waals surface area contributed by atoms with Gasteiger partial charge in [0.1, 0.15) is 17.6 Å². The van der Waals surface area contributed by atoms with Gasteiger partial charge in [-0.25, -0.2) is 9.97 Å². The fourth-order valence-corrected chi connectivity index (χ4v) is 6.13. The summed E-state index contributed by atoms with van der Waals surface area (Å²) in [6.07, 6.45) is 3.71. The molecule has 0 unspecified atom stereocenters. The maximum atomic E-state index is 13.6. The quantitative estimate of drug-likeness (QED) is 0.405. The van der Waals surface area contributed by atoms with Crippen molar-refractivity contribution in [2.24, 2.45) is 0 Å². The van der Waals surface area contributed by atoms with E-state index in [1.807, 2.05) is 12.1 Å². The Labute approximate surface area is 279 Å². The number of methoxy groups -OCH3 is 2. The number of rotatable bonds is 5. The molecule has 1 aromatic heterocycles. The molecule has 0 spiro atoms. The van der Waals surface area contributed by atoms with Gasteiger partial charge in [-0.05, 0) is 42.3 Å². The van der Waals surface area contributed by atoms with Crippen LogP contribution in [-0.4, -0.2) is 116 Å². The van der Waals surface area contributed by atoms with E-state index >= 15 is 0 Å². The number of benzene rings is 2. The molecule has 6 aliphatic heterocycles. The van der Waals surface area contributed by atoms with Crippen molar-refractivity contribution in [1.29, 1.82) is 0 Å². The summed E-state index contributed by atoms with van der Waals surface area (Å²) in [7, 11) is 3.09. The summed E-state index contributed by atoms with van der Waals surface area (Å²) < 4.78 is 23.4. The number of nitrogens with one attached hydrogen (secondary N) is 2. The number of amides is 3. The first-order valence-electron chi connectivity index (χ1n) is 16.1. The third-order valence-electron chi connectivity index (χ3n) is 8.78. The van der Waals surface area contributed by atoms with Crippen LogP contribution in [0.3, 0.4) is 0 Å². The highest BCUT2D eigenvalue weighted by molar-refractivity contribution is 5.80. The minimum Gasteiger partial charge on any atom is -0.496 e. The number of aromatic nitrogens is 2. The van der Waals surface area contributed by atoms with Gasteiger partial charge in [0.05, 0.1) is 33.4 Å². The summed E-state index contributed by atoms with van der Waals surface area (Å²) in [6, 6.07) is 12.1. The predicted molar refractivity (Wildman–Crippen MR) is 175 cm³/mol. The summed E-state index contributed by atoms with van der Waals surface area (Å²) in [5, 5.41) is 5.99. The van der Waals surface area contributed by atoms with Crippen LogP contribution >= 0.6 is 0 Å². The SMILES string of the molecule is COc1cc2ccc1CNC(=O)CCc1ccc(c(OC)c1)OCC(=O)N[C@@H]1CN(C(=O)CN3CCN(c4ncccn4)CC3)C[C@H]1O2. The molecule has 9 rings (SSSR count). The number of aryl methyl sites for hydroxylation is 1. The van der Waals surface area contributed by atoms with E-state index in [1.165, 1.54) is 7.11 Å². The van der Waals surface area contributed by atoms with Crippen molar-refractivity contribution in [3.8, 4) is 23.0 Å². The van der Waals surface area contributed by atoms with Crippen LogP contribution in [0, 0.1) is 0 Å². The zero-order chi connectivity index (χ0) is 33.5. The fourth-order valence-electron chi connectivity index (χ4n) is 6.13. The molecule has 0 aliphatic carbocycles. The molecular weight excluding hydrogens is 618 g/mol. The van der Waals surface area contributed by atoms with Gasteiger partial charge in [-0.2, -0.15) is 0 Å². The lowest BCUT2D eigenvalue weighted by Crippen LogP contribution is -2.50. The van der Waals surface area contributed by atoms with Crippen LogP contribution in [0.25, 0.3) is 0 Å². The number of anilines is 1. The Morgan fingerprint density at radius 2 is 1.73 bits per heavy atom. The third kappa shape index (κ3) is 8.05. The zero-order valence-corrected chi connectivity index (χ0v) is 27.2. The van der Waals surface area contributed by atoms with Crippen LogP contribution < -0.4 is 34.5 Å². The molecule has 6 aliphatic rings. The van der Waals surface area contributed by atoms with Crippen molar-refractivity contribution in [1.82, 2.24) is 30.4 Å². The van der Waals surface area contributed by atoms with Crippen molar-refractivity contribution >= 4 is 23.7 Å². The number of piperazine rings is 1. The lowest BCUT2D eigenvalue weighted by Gasteiger charge is -2.34. The summed E-state index contributed by atoms with van der Waals surface area (Å²) in [4.78, 5) is 54.0. The Hall–Kier alpha value is -5.11. The molecule has 4 bridgehead atoms. The highest BCUT2D eigenvalue weighted by Crippen LogP contribution is 2.30. The van der Waals surface area contributed by atoms with Crippen molar-refractivity contribution in [3.63, 3.8) is 0 Å². The Balaban J connectivity index is 1.16. The number of carbonyl (C=O) groups excluding carboxylic acids is 3. The van der Waals surface area contributed by atoms with E-state index in [1.54, 1.807) is 54.7 Å². The Kier molecular flexibility index (Phi) is 10.4. The summed E-state index contributed by atoms with van der Waals surface area (Å²) >= 11 is 0. The summed E-state index contributed by atoms with van der Waals surface area (Å²) in [6.45, 7) is 3.70. The molecule has 14 nitrogen and oxygen atoms in total. The maximum absolute atomic E-state index is 13.6. The van der Waals surface area contributed by atoms with Crippen LogP contribution in [0.4, 0.5) is 5.95 Å². The topological polar surface area (TPSA) is 148 Å². The molecule has 48 heavy (non-hydrogen) atoms. The van der Waals surface area contributed by atoms with Crippen molar-refractivity contribution < 1.29 is 33.3 Å². The normalized spacial score (nSPS) is 20.6. The second kappa shape index (κ2) is 15.2. The van der Waals surface area contributed by atoms with Gasteiger partial charge in [0, 0.05) is 69.7 Å². The number of nitrogens with zero attached hydrogens (tertiary/aromatic N) is 5. The van der Waals surface area contributed by atoms with Gasteiger partial charge in [-0.15, -0.1) is 0 Å². The smallest absolute Gasteiger partial charge is 0.258 e. The molecule has 2 N–H and O–H groups in total. The maximum Gasteiger partial charge on any atom is 0.258 e. The number of carbonyl (C=O) groups is 3. The molecule has 2 aromatic carbocycles. The lowest BCUT2D eigenvalue weighted by atomic mass is 10.1. The highest BCUT2D eigenvalue weighted by atomic mass is 16.5. The van der Waals surface area contributed by atoms with Gasteiger partial charge in [-0.1, -0.05) is 6.07 Å². The van der Waals surface area contributed by atoms with Gasteiger partial charge in [0.15, 0.2) is 18.1 Å². The van der Waals surface area contributed by atoms with Crippen LogP contribution in [0.5, 0.6) is 23.0 Å². The van der Waals surface area contributed by atoms with Gasteiger partial charge < -0.3 is 39.4 Å². The van der Waals surface area contributed by atoms with E-state index in [4.69, 9.17) is 18.9 Å². The standard InChI is InChI=1S/C34H41N7O7/c1-45-28-17-25-7-6-24(28)18-37-31(42)9-5-23-4-8-27(29(16-23)46-2)47-22-32(43)38-26-19-41(20-30(26)48-25)33(44)21-39-12-14-40(15-13-39)34-35-10-3-11-36-34/h3-4,6-8,10-11,16-17,26,30H,5,9,12-15,18-22H2,1-2H3,(H,37,42)(H,38,43)/t26-,30-/m1/s1. The number of ether oxygens (including phenoxy) is 4. The molecular formula is C34H41N7O7. The first-order chi connectivity index (χ1) is 23.4.